The fraction of sp³-hybridized carbons (Fsp3) is 0.938. The minimum atomic E-state index is 0.206. The Morgan fingerprint density at radius 1 is 1.33 bits per heavy atom. The van der Waals surface area contributed by atoms with Gasteiger partial charge >= 0.3 is 0 Å². The van der Waals surface area contributed by atoms with Crippen molar-refractivity contribution in [1.82, 2.24) is 10.2 Å². The molecular formula is C16H29N3OS. The summed E-state index contributed by atoms with van der Waals surface area (Å²) >= 11 is 2.06. The maximum atomic E-state index is 5.89. The zero-order valence-electron chi connectivity index (χ0n) is 14.0. The molecule has 3 fully saturated rings. The summed E-state index contributed by atoms with van der Waals surface area (Å²) in [5.41, 5.74) is 0.206. The molecular weight excluding hydrogens is 282 g/mol. The van der Waals surface area contributed by atoms with Gasteiger partial charge in [0.2, 0.25) is 0 Å². The van der Waals surface area contributed by atoms with Crippen molar-refractivity contribution in [3.8, 4) is 0 Å². The fourth-order valence-corrected chi connectivity index (χ4v) is 5.36. The lowest BCUT2D eigenvalue weighted by Crippen LogP contribution is -2.68. The Labute approximate surface area is 133 Å². The van der Waals surface area contributed by atoms with E-state index in [9.17, 15) is 0 Å². The van der Waals surface area contributed by atoms with E-state index in [1.54, 1.807) is 0 Å². The van der Waals surface area contributed by atoms with Crippen LogP contribution in [0.5, 0.6) is 0 Å². The van der Waals surface area contributed by atoms with Crippen molar-refractivity contribution >= 4 is 17.7 Å². The third-order valence-corrected chi connectivity index (χ3v) is 6.62. The summed E-state index contributed by atoms with van der Waals surface area (Å²) in [5.74, 6) is 2.91. The molecule has 0 amide bonds. The van der Waals surface area contributed by atoms with Crippen LogP contribution in [0.4, 0.5) is 0 Å². The highest BCUT2D eigenvalue weighted by Crippen LogP contribution is 2.52. The Morgan fingerprint density at radius 2 is 2.10 bits per heavy atom. The summed E-state index contributed by atoms with van der Waals surface area (Å²) in [6.07, 6.45) is 1.62. The highest BCUT2D eigenvalue weighted by molar-refractivity contribution is 8.00. The molecule has 21 heavy (non-hydrogen) atoms. The quantitative estimate of drug-likeness (QED) is 0.595. The summed E-state index contributed by atoms with van der Waals surface area (Å²) < 4.78 is 6.20. The van der Waals surface area contributed by atoms with Crippen LogP contribution in [0.25, 0.3) is 0 Å². The Balaban J connectivity index is 1.68. The molecule has 0 aromatic heterocycles. The standard InChI is InChI=1S/C16H29N3OS/c1-15(2)10-19(7-9-21-15)14(17-5)18-12-11-6-8-20-13(11)16(12,3)4/h11-13H,6-10H2,1-5H3,(H,17,18). The number of hydrogen-bond acceptors (Lipinski definition) is 3. The van der Waals surface area contributed by atoms with Gasteiger partial charge in [-0.1, -0.05) is 13.8 Å². The lowest BCUT2D eigenvalue weighted by molar-refractivity contribution is -0.107. The Morgan fingerprint density at radius 3 is 2.76 bits per heavy atom. The Bertz CT molecular complexity index is 435. The van der Waals surface area contributed by atoms with Crippen molar-refractivity contribution in [2.75, 3.05) is 32.5 Å². The van der Waals surface area contributed by atoms with Crippen molar-refractivity contribution in [2.24, 2.45) is 16.3 Å². The van der Waals surface area contributed by atoms with E-state index in [2.05, 4.69) is 54.7 Å². The van der Waals surface area contributed by atoms with Crippen LogP contribution in [0, 0.1) is 11.3 Å². The van der Waals surface area contributed by atoms with Gasteiger partial charge in [-0.3, -0.25) is 4.99 Å². The normalized spacial score (nSPS) is 37.9. The number of nitrogens with one attached hydrogen (secondary N) is 1. The lowest BCUT2D eigenvalue weighted by atomic mass is 9.57. The van der Waals surface area contributed by atoms with E-state index in [1.165, 1.54) is 12.2 Å². The van der Waals surface area contributed by atoms with Gasteiger partial charge in [-0.15, -0.1) is 0 Å². The Kier molecular flexibility index (Phi) is 3.93. The zero-order chi connectivity index (χ0) is 15.3. The number of rotatable bonds is 1. The molecule has 2 heterocycles. The van der Waals surface area contributed by atoms with Crippen molar-refractivity contribution in [3.63, 3.8) is 0 Å². The van der Waals surface area contributed by atoms with Crippen molar-refractivity contribution in [1.29, 1.82) is 0 Å². The molecule has 2 aliphatic heterocycles. The molecule has 1 N–H and O–H groups in total. The van der Waals surface area contributed by atoms with E-state index in [0.29, 0.717) is 22.8 Å². The molecule has 0 bridgehead atoms. The van der Waals surface area contributed by atoms with Crippen LogP contribution >= 0.6 is 11.8 Å². The van der Waals surface area contributed by atoms with E-state index < -0.39 is 0 Å². The maximum Gasteiger partial charge on any atom is 0.193 e. The predicted molar refractivity (Wildman–Crippen MR) is 90.0 cm³/mol. The van der Waals surface area contributed by atoms with Gasteiger partial charge in [-0.2, -0.15) is 11.8 Å². The molecule has 2 saturated heterocycles. The third kappa shape index (κ3) is 2.67. The van der Waals surface area contributed by atoms with Crippen molar-refractivity contribution < 1.29 is 4.74 Å². The topological polar surface area (TPSA) is 36.9 Å². The van der Waals surface area contributed by atoms with Gasteiger partial charge < -0.3 is 15.0 Å². The second-order valence-corrected chi connectivity index (χ2v) is 9.57. The van der Waals surface area contributed by atoms with Crippen LogP contribution in [-0.4, -0.2) is 60.2 Å². The van der Waals surface area contributed by atoms with Crippen LogP contribution in [0.3, 0.4) is 0 Å². The average molecular weight is 311 g/mol. The van der Waals surface area contributed by atoms with E-state index in [4.69, 9.17) is 4.74 Å². The smallest absolute Gasteiger partial charge is 0.193 e. The number of guanidine groups is 1. The second kappa shape index (κ2) is 5.34. The molecule has 3 unspecified atom stereocenters. The van der Waals surface area contributed by atoms with Crippen LogP contribution in [0.15, 0.2) is 4.99 Å². The second-order valence-electron chi connectivity index (χ2n) is 7.76. The highest BCUT2D eigenvalue weighted by atomic mass is 32.2. The van der Waals surface area contributed by atoms with Gasteiger partial charge in [0.15, 0.2) is 5.96 Å². The third-order valence-electron chi connectivity index (χ3n) is 5.32. The van der Waals surface area contributed by atoms with Crippen LogP contribution in [0.2, 0.25) is 0 Å². The van der Waals surface area contributed by atoms with Gasteiger partial charge in [0.1, 0.15) is 0 Å². The minimum Gasteiger partial charge on any atom is -0.377 e. The van der Waals surface area contributed by atoms with Crippen molar-refractivity contribution in [2.45, 2.75) is 51.0 Å². The zero-order valence-corrected chi connectivity index (χ0v) is 14.8. The number of fused-ring (bicyclic) bond motifs is 1. The largest absolute Gasteiger partial charge is 0.377 e. The van der Waals surface area contributed by atoms with E-state index in [1.807, 2.05) is 7.05 Å². The molecule has 1 saturated carbocycles. The van der Waals surface area contributed by atoms with Crippen LogP contribution in [-0.2, 0) is 4.74 Å². The first-order chi connectivity index (χ1) is 9.85. The summed E-state index contributed by atoms with van der Waals surface area (Å²) in [5, 5.41) is 3.76. The molecule has 0 spiro atoms. The summed E-state index contributed by atoms with van der Waals surface area (Å²) in [6.45, 7) is 12.4. The number of ether oxygens (including phenoxy) is 1. The van der Waals surface area contributed by atoms with Gasteiger partial charge in [-0.05, 0) is 20.3 Å². The SMILES string of the molecule is CN=C(NC1C2CCOC2C1(C)C)N1CCSC(C)(C)C1. The highest BCUT2D eigenvalue weighted by Gasteiger charge is 2.59. The average Bonchev–Trinajstić information content (AvgIpc) is 2.85. The summed E-state index contributed by atoms with van der Waals surface area (Å²) in [6, 6.07) is 0.487. The molecule has 3 rings (SSSR count). The van der Waals surface area contributed by atoms with E-state index >= 15 is 0 Å². The lowest BCUT2D eigenvalue weighted by Gasteiger charge is -2.55. The van der Waals surface area contributed by atoms with Gasteiger partial charge in [0.25, 0.3) is 0 Å². The van der Waals surface area contributed by atoms with Crippen molar-refractivity contribution in [3.05, 3.63) is 0 Å². The number of aliphatic imine (C=N–C) groups is 1. The number of hydrogen-bond donors (Lipinski definition) is 1. The molecule has 3 atom stereocenters. The monoisotopic (exact) mass is 311 g/mol. The molecule has 120 valence electrons. The minimum absolute atomic E-state index is 0.206. The molecule has 1 aliphatic carbocycles. The first-order valence-electron chi connectivity index (χ1n) is 8.09. The van der Waals surface area contributed by atoms with Crippen LogP contribution < -0.4 is 5.32 Å². The number of nitrogens with zero attached hydrogens (tertiary/aromatic N) is 2. The Hall–Kier alpha value is -0.420. The molecule has 0 aromatic carbocycles. The maximum absolute atomic E-state index is 5.89. The molecule has 3 aliphatic rings. The summed E-state index contributed by atoms with van der Waals surface area (Å²) in [7, 11) is 1.91. The molecule has 4 nitrogen and oxygen atoms in total. The molecule has 5 heteroatoms. The predicted octanol–water partition coefficient (Wildman–Crippen LogP) is 2.20. The first-order valence-corrected chi connectivity index (χ1v) is 9.07. The van der Waals surface area contributed by atoms with E-state index in [0.717, 1.165) is 25.7 Å². The van der Waals surface area contributed by atoms with Gasteiger partial charge in [0, 0.05) is 54.6 Å². The molecule has 0 aromatic rings. The van der Waals surface area contributed by atoms with Gasteiger partial charge in [-0.25, -0.2) is 0 Å². The van der Waals surface area contributed by atoms with Crippen LogP contribution in [0.1, 0.15) is 34.1 Å². The van der Waals surface area contributed by atoms with Gasteiger partial charge in [0.05, 0.1) is 6.10 Å². The number of thioether (sulfide) groups is 1. The summed E-state index contributed by atoms with van der Waals surface area (Å²) in [4.78, 5) is 6.99. The van der Waals surface area contributed by atoms with E-state index in [-0.39, 0.29) is 5.41 Å². The molecule has 0 radical (unpaired) electrons. The first kappa shape index (κ1) is 15.5. The fourth-order valence-electron chi connectivity index (χ4n) is 4.25.